The first-order chi connectivity index (χ1) is 12.6. The van der Waals surface area contributed by atoms with Crippen LogP contribution >= 0.6 is 0 Å². The normalized spacial score (nSPS) is 12.3. The Labute approximate surface area is 147 Å². The van der Waals surface area contributed by atoms with Crippen molar-refractivity contribution in [2.75, 3.05) is 17.8 Å². The number of carbonyl (C=O) groups excluding carboxylic acids is 1. The minimum Gasteiger partial charge on any atom is -0.454 e. The Morgan fingerprint density at radius 1 is 1.27 bits per heavy atom. The van der Waals surface area contributed by atoms with Gasteiger partial charge in [-0.2, -0.15) is 0 Å². The fourth-order valence-corrected chi connectivity index (χ4v) is 2.85. The Bertz CT molecular complexity index is 1080. The number of aromatic nitrogens is 3. The monoisotopic (exact) mass is 353 g/mol. The topological polar surface area (TPSA) is 121 Å². The molecule has 0 unspecified atom stereocenters. The number of nitrogen functional groups attached to an aromatic ring is 1. The first-order valence-electron chi connectivity index (χ1n) is 7.93. The molecule has 0 saturated heterocycles. The van der Waals surface area contributed by atoms with Gasteiger partial charge in [-0.1, -0.05) is 0 Å². The number of fused-ring (bicyclic) bond motifs is 3. The van der Waals surface area contributed by atoms with Crippen LogP contribution in [0.25, 0.3) is 10.8 Å². The van der Waals surface area contributed by atoms with E-state index in [9.17, 15) is 9.59 Å². The van der Waals surface area contributed by atoms with Gasteiger partial charge in [-0.3, -0.25) is 14.2 Å². The smallest absolute Gasteiger partial charge is 0.260 e. The number of pyridine rings is 1. The molecule has 26 heavy (non-hydrogen) atoms. The molecule has 4 rings (SSSR count). The van der Waals surface area contributed by atoms with Gasteiger partial charge in [0.2, 0.25) is 12.7 Å². The summed E-state index contributed by atoms with van der Waals surface area (Å²) < 4.78 is 12.3. The van der Waals surface area contributed by atoms with Crippen molar-refractivity contribution in [1.82, 2.24) is 14.5 Å². The molecular formula is C17H15N5O4. The summed E-state index contributed by atoms with van der Waals surface area (Å²) >= 11 is 0. The molecule has 2 aromatic heterocycles. The zero-order valence-corrected chi connectivity index (χ0v) is 13.9. The summed E-state index contributed by atoms with van der Waals surface area (Å²) in [5.41, 5.74) is 5.43. The summed E-state index contributed by atoms with van der Waals surface area (Å²) in [7, 11) is 0. The highest BCUT2D eigenvalue weighted by atomic mass is 16.7. The quantitative estimate of drug-likeness (QED) is 0.729. The third-order valence-electron chi connectivity index (χ3n) is 4.12. The van der Waals surface area contributed by atoms with Gasteiger partial charge in [-0.25, -0.2) is 9.97 Å². The van der Waals surface area contributed by atoms with Gasteiger partial charge in [0.25, 0.3) is 11.5 Å². The maximum Gasteiger partial charge on any atom is 0.260 e. The van der Waals surface area contributed by atoms with Gasteiger partial charge in [0.05, 0.1) is 10.9 Å². The summed E-state index contributed by atoms with van der Waals surface area (Å²) in [5.74, 6) is 1.03. The standard InChI is InChI=1S/C17H15N5O4/c1-2-22-13(21-15(23)9-6-19-17(18)20-7-9)5-11-10(16(22)24)3-4-12-14(11)26-8-25-12/h3-7H,2,8H2,1H3,(H,21,23)(H2,18,19,20). The van der Waals surface area contributed by atoms with E-state index in [1.165, 1.54) is 17.0 Å². The van der Waals surface area contributed by atoms with Crippen molar-refractivity contribution in [2.24, 2.45) is 0 Å². The second-order valence-electron chi connectivity index (χ2n) is 5.62. The summed E-state index contributed by atoms with van der Waals surface area (Å²) in [6.07, 6.45) is 2.64. The van der Waals surface area contributed by atoms with Crippen molar-refractivity contribution in [2.45, 2.75) is 13.5 Å². The molecular weight excluding hydrogens is 338 g/mol. The number of benzene rings is 1. The number of anilines is 2. The maximum absolute atomic E-state index is 12.8. The zero-order valence-electron chi connectivity index (χ0n) is 13.9. The summed E-state index contributed by atoms with van der Waals surface area (Å²) in [6, 6.07) is 5.09. The second kappa shape index (κ2) is 6.03. The lowest BCUT2D eigenvalue weighted by Crippen LogP contribution is -2.25. The van der Waals surface area contributed by atoms with Crippen LogP contribution in [0.2, 0.25) is 0 Å². The minimum atomic E-state index is -0.448. The van der Waals surface area contributed by atoms with Gasteiger partial charge in [0, 0.05) is 24.3 Å². The number of ether oxygens (including phenoxy) is 2. The molecule has 1 aliphatic rings. The number of hydrogen-bond acceptors (Lipinski definition) is 7. The van der Waals surface area contributed by atoms with E-state index in [-0.39, 0.29) is 23.9 Å². The summed E-state index contributed by atoms with van der Waals surface area (Å²) in [5, 5.41) is 3.80. The van der Waals surface area contributed by atoms with Gasteiger partial charge in [-0.15, -0.1) is 0 Å². The molecule has 3 heterocycles. The number of rotatable bonds is 3. The highest BCUT2D eigenvalue weighted by Crippen LogP contribution is 2.38. The van der Waals surface area contributed by atoms with Crippen LogP contribution in [0, 0.1) is 0 Å². The van der Waals surface area contributed by atoms with Crippen molar-refractivity contribution in [3.63, 3.8) is 0 Å². The van der Waals surface area contributed by atoms with Crippen LogP contribution < -0.4 is 26.1 Å². The third kappa shape index (κ3) is 2.50. The lowest BCUT2D eigenvalue weighted by atomic mass is 10.1. The molecule has 0 atom stereocenters. The first kappa shape index (κ1) is 15.9. The van der Waals surface area contributed by atoms with Crippen molar-refractivity contribution in [1.29, 1.82) is 0 Å². The molecule has 0 fully saturated rings. The number of nitrogens with two attached hydrogens (primary N) is 1. The first-order valence-corrected chi connectivity index (χ1v) is 7.93. The third-order valence-corrected chi connectivity index (χ3v) is 4.12. The van der Waals surface area contributed by atoms with Crippen molar-refractivity contribution in [3.05, 3.63) is 46.5 Å². The van der Waals surface area contributed by atoms with Crippen LogP contribution in [0.5, 0.6) is 11.5 Å². The molecule has 9 nitrogen and oxygen atoms in total. The number of amides is 1. The lowest BCUT2D eigenvalue weighted by Gasteiger charge is -2.14. The van der Waals surface area contributed by atoms with Gasteiger partial charge >= 0.3 is 0 Å². The van der Waals surface area contributed by atoms with Crippen LogP contribution in [0.15, 0.2) is 35.4 Å². The molecule has 9 heteroatoms. The molecule has 0 bridgehead atoms. The van der Waals surface area contributed by atoms with Crippen molar-refractivity contribution >= 4 is 28.4 Å². The predicted octanol–water partition coefficient (Wildman–Crippen LogP) is 1.37. The van der Waals surface area contributed by atoms with E-state index in [2.05, 4.69) is 15.3 Å². The number of nitrogens with zero attached hydrogens (tertiary/aromatic N) is 3. The average molecular weight is 353 g/mol. The van der Waals surface area contributed by atoms with Crippen molar-refractivity contribution < 1.29 is 14.3 Å². The average Bonchev–Trinajstić information content (AvgIpc) is 3.11. The zero-order chi connectivity index (χ0) is 18.3. The van der Waals surface area contributed by atoms with E-state index < -0.39 is 5.91 Å². The van der Waals surface area contributed by atoms with Crippen LogP contribution in [0.4, 0.5) is 11.8 Å². The van der Waals surface area contributed by atoms with Crippen LogP contribution in [0.1, 0.15) is 17.3 Å². The number of nitrogens with one attached hydrogen (secondary N) is 1. The van der Waals surface area contributed by atoms with E-state index in [0.29, 0.717) is 34.6 Å². The fraction of sp³-hybridized carbons (Fsp3) is 0.176. The van der Waals surface area contributed by atoms with E-state index >= 15 is 0 Å². The largest absolute Gasteiger partial charge is 0.454 e. The molecule has 132 valence electrons. The second-order valence-corrected chi connectivity index (χ2v) is 5.62. The van der Waals surface area contributed by atoms with Gasteiger partial charge in [-0.05, 0) is 25.1 Å². The van der Waals surface area contributed by atoms with Gasteiger partial charge in [0.1, 0.15) is 5.82 Å². The van der Waals surface area contributed by atoms with Crippen molar-refractivity contribution in [3.8, 4) is 11.5 Å². The number of carbonyl (C=O) groups is 1. The highest BCUT2D eigenvalue weighted by molar-refractivity contribution is 6.04. The molecule has 0 spiro atoms. The Kier molecular flexibility index (Phi) is 3.68. The van der Waals surface area contributed by atoms with Crippen LogP contribution in [-0.4, -0.2) is 27.2 Å². The molecule has 0 aliphatic carbocycles. The van der Waals surface area contributed by atoms with E-state index in [1.54, 1.807) is 18.2 Å². The molecule has 1 amide bonds. The molecule has 1 aliphatic heterocycles. The van der Waals surface area contributed by atoms with E-state index in [4.69, 9.17) is 15.2 Å². The molecule has 3 N–H and O–H groups in total. The Morgan fingerprint density at radius 3 is 2.77 bits per heavy atom. The van der Waals surface area contributed by atoms with E-state index in [1.807, 2.05) is 6.92 Å². The predicted molar refractivity (Wildman–Crippen MR) is 94.4 cm³/mol. The molecule has 0 radical (unpaired) electrons. The Balaban J connectivity index is 1.82. The Morgan fingerprint density at radius 2 is 2.04 bits per heavy atom. The molecule has 3 aromatic rings. The minimum absolute atomic E-state index is 0.0745. The molecule has 1 aromatic carbocycles. The fourth-order valence-electron chi connectivity index (χ4n) is 2.85. The molecule has 0 saturated carbocycles. The SMILES string of the molecule is CCn1c(NC(=O)c2cnc(N)nc2)cc2c3c(ccc2c1=O)OCO3. The summed E-state index contributed by atoms with van der Waals surface area (Å²) in [4.78, 5) is 32.9. The van der Waals surface area contributed by atoms with E-state index in [0.717, 1.165) is 0 Å². The summed E-state index contributed by atoms with van der Waals surface area (Å²) in [6.45, 7) is 2.30. The van der Waals surface area contributed by atoms with Gasteiger partial charge in [0.15, 0.2) is 11.5 Å². The van der Waals surface area contributed by atoms with Crippen LogP contribution in [-0.2, 0) is 6.54 Å². The van der Waals surface area contributed by atoms with Crippen LogP contribution in [0.3, 0.4) is 0 Å². The Hall–Kier alpha value is -3.62. The highest BCUT2D eigenvalue weighted by Gasteiger charge is 2.21. The van der Waals surface area contributed by atoms with Gasteiger partial charge < -0.3 is 20.5 Å². The lowest BCUT2D eigenvalue weighted by molar-refractivity contribution is 0.102. The maximum atomic E-state index is 12.8. The number of hydrogen-bond donors (Lipinski definition) is 2.